The van der Waals surface area contributed by atoms with Crippen LogP contribution in [0, 0.1) is 0 Å². The first kappa shape index (κ1) is 33.0. The highest BCUT2D eigenvalue weighted by Gasteiger charge is 2.12. The predicted molar refractivity (Wildman–Crippen MR) is 175 cm³/mol. The van der Waals surface area contributed by atoms with E-state index in [1.165, 1.54) is 12.4 Å². The average molecular weight is 619 g/mol. The second-order valence-corrected chi connectivity index (χ2v) is 10.1. The summed E-state index contributed by atoms with van der Waals surface area (Å²) in [5.41, 5.74) is 6.94. The number of hydrazone groups is 2. The summed E-state index contributed by atoms with van der Waals surface area (Å²) in [6.07, 6.45) is 6.26. The second kappa shape index (κ2) is 18.0. The number of rotatable bonds is 15. The largest absolute Gasteiger partial charge is 0.422 e. The molecular formula is C36H34N4O6. The number of carbonyl (C=O) groups excluding carboxylic acids is 4. The van der Waals surface area contributed by atoms with E-state index in [9.17, 15) is 19.2 Å². The molecule has 234 valence electrons. The van der Waals surface area contributed by atoms with Crippen molar-refractivity contribution >= 4 is 36.2 Å². The van der Waals surface area contributed by atoms with Gasteiger partial charge in [-0.2, -0.15) is 10.2 Å². The zero-order valence-corrected chi connectivity index (χ0v) is 25.1. The normalized spacial score (nSPS) is 10.9. The molecule has 4 aromatic rings. The van der Waals surface area contributed by atoms with Gasteiger partial charge in [0.25, 0.3) is 0 Å². The fourth-order valence-corrected chi connectivity index (χ4v) is 4.21. The van der Waals surface area contributed by atoms with Crippen molar-refractivity contribution in [1.82, 2.24) is 10.9 Å². The molecule has 0 radical (unpaired) electrons. The van der Waals surface area contributed by atoms with E-state index in [0.29, 0.717) is 46.6 Å². The first-order valence-electron chi connectivity index (χ1n) is 14.9. The molecule has 0 atom stereocenters. The van der Waals surface area contributed by atoms with Crippen molar-refractivity contribution in [3.8, 4) is 11.5 Å². The van der Waals surface area contributed by atoms with Gasteiger partial charge >= 0.3 is 11.9 Å². The van der Waals surface area contributed by atoms with Crippen LogP contribution in [-0.2, 0) is 9.59 Å². The number of nitrogens with one attached hydrogen (secondary N) is 2. The van der Waals surface area contributed by atoms with Crippen molar-refractivity contribution < 1.29 is 28.7 Å². The zero-order chi connectivity index (χ0) is 32.4. The Morgan fingerprint density at radius 2 is 0.870 bits per heavy atom. The van der Waals surface area contributed by atoms with Crippen LogP contribution in [-0.4, -0.2) is 36.2 Å². The van der Waals surface area contributed by atoms with Crippen LogP contribution in [0.3, 0.4) is 0 Å². The first-order chi connectivity index (χ1) is 22.5. The van der Waals surface area contributed by atoms with Gasteiger partial charge in [0.2, 0.25) is 11.8 Å². The Bertz CT molecular complexity index is 1550. The lowest BCUT2D eigenvalue weighted by atomic mass is 10.1. The molecule has 0 fully saturated rings. The number of carbonyl (C=O) groups is 4. The molecule has 10 nitrogen and oxygen atoms in total. The summed E-state index contributed by atoms with van der Waals surface area (Å²) in [5, 5.41) is 7.99. The van der Waals surface area contributed by atoms with Crippen LogP contribution in [0.1, 0.15) is 70.4 Å². The minimum atomic E-state index is -0.486. The summed E-state index contributed by atoms with van der Waals surface area (Å²) in [7, 11) is 0. The van der Waals surface area contributed by atoms with Crippen LogP contribution < -0.4 is 20.3 Å². The molecule has 2 amide bonds. The number of nitrogens with zero attached hydrogens (tertiary/aromatic N) is 2. The summed E-state index contributed by atoms with van der Waals surface area (Å²) in [4.78, 5) is 49.1. The standard InChI is InChI=1S/C36H34N4O6/c41-33(39-37-25-29-19-11-13-21-31(29)45-35(43)27-15-5-3-6-16-27)23-9-1-2-10-24-34(42)40-38-26-30-20-12-14-22-32(30)46-36(44)28-17-7-4-8-18-28/h3-8,11-22,25-26H,1-2,9-10,23-24H2,(H,39,41)(H,40,42). The molecule has 0 heterocycles. The second-order valence-electron chi connectivity index (χ2n) is 10.1. The van der Waals surface area contributed by atoms with Gasteiger partial charge < -0.3 is 9.47 Å². The third kappa shape index (κ3) is 11.0. The van der Waals surface area contributed by atoms with Crippen LogP contribution in [0.15, 0.2) is 119 Å². The van der Waals surface area contributed by atoms with Gasteiger partial charge in [-0.15, -0.1) is 0 Å². The van der Waals surface area contributed by atoms with Crippen molar-refractivity contribution in [3.05, 3.63) is 131 Å². The smallest absolute Gasteiger partial charge is 0.343 e. The minimum absolute atomic E-state index is 0.239. The van der Waals surface area contributed by atoms with E-state index in [1.807, 2.05) is 12.1 Å². The lowest BCUT2D eigenvalue weighted by Gasteiger charge is -2.07. The zero-order valence-electron chi connectivity index (χ0n) is 25.1. The number of hydrogen-bond acceptors (Lipinski definition) is 8. The van der Waals surface area contributed by atoms with Gasteiger partial charge in [0.1, 0.15) is 11.5 Å². The van der Waals surface area contributed by atoms with Gasteiger partial charge in [-0.05, 0) is 61.4 Å². The van der Waals surface area contributed by atoms with E-state index in [4.69, 9.17) is 9.47 Å². The van der Waals surface area contributed by atoms with Crippen molar-refractivity contribution in [2.24, 2.45) is 10.2 Å². The summed E-state index contributed by atoms with van der Waals surface area (Å²) < 4.78 is 11.0. The maximum atomic E-state index is 12.4. The Kier molecular flexibility index (Phi) is 12.9. The molecule has 0 spiro atoms. The van der Waals surface area contributed by atoms with Gasteiger partial charge in [0.15, 0.2) is 0 Å². The van der Waals surface area contributed by atoms with Crippen LogP contribution in [0.5, 0.6) is 11.5 Å². The molecule has 0 aliphatic rings. The lowest BCUT2D eigenvalue weighted by Crippen LogP contribution is -2.17. The van der Waals surface area contributed by atoms with E-state index >= 15 is 0 Å². The molecule has 0 saturated heterocycles. The summed E-state index contributed by atoms with van der Waals surface area (Å²) in [6, 6.07) is 31.1. The number of esters is 2. The molecule has 0 aliphatic heterocycles. The SMILES string of the molecule is O=C(CCCCCCC(=O)NN=Cc1ccccc1OC(=O)c1ccccc1)NN=Cc1ccccc1OC(=O)c1ccccc1. The summed E-state index contributed by atoms with van der Waals surface area (Å²) >= 11 is 0. The molecule has 4 aromatic carbocycles. The predicted octanol–water partition coefficient (Wildman–Crippen LogP) is 6.07. The molecule has 4 rings (SSSR count). The van der Waals surface area contributed by atoms with Gasteiger partial charge in [-0.1, -0.05) is 73.5 Å². The Morgan fingerprint density at radius 3 is 1.28 bits per heavy atom. The number of ether oxygens (including phenoxy) is 2. The summed E-state index contributed by atoms with van der Waals surface area (Å²) in [5.74, 6) is -0.786. The van der Waals surface area contributed by atoms with Crippen LogP contribution in [0.4, 0.5) is 0 Å². The quantitative estimate of drug-likeness (QED) is 0.0546. The topological polar surface area (TPSA) is 136 Å². The third-order valence-electron chi connectivity index (χ3n) is 6.61. The van der Waals surface area contributed by atoms with E-state index in [2.05, 4.69) is 21.1 Å². The van der Waals surface area contributed by atoms with Crippen LogP contribution >= 0.6 is 0 Å². The number of amides is 2. The van der Waals surface area contributed by atoms with E-state index in [1.54, 1.807) is 97.1 Å². The Labute approximate surface area is 267 Å². The number of unbranched alkanes of at least 4 members (excludes halogenated alkanes) is 3. The van der Waals surface area contributed by atoms with Gasteiger partial charge in [-0.3, -0.25) is 9.59 Å². The maximum Gasteiger partial charge on any atom is 0.343 e. The lowest BCUT2D eigenvalue weighted by molar-refractivity contribution is -0.122. The minimum Gasteiger partial charge on any atom is -0.422 e. The molecule has 0 aliphatic carbocycles. The number of para-hydroxylation sites is 2. The van der Waals surface area contributed by atoms with Crippen molar-refractivity contribution in [2.75, 3.05) is 0 Å². The van der Waals surface area contributed by atoms with E-state index in [-0.39, 0.29) is 24.7 Å². The van der Waals surface area contributed by atoms with E-state index in [0.717, 1.165) is 12.8 Å². The maximum absolute atomic E-state index is 12.4. The van der Waals surface area contributed by atoms with E-state index < -0.39 is 11.9 Å². The highest BCUT2D eigenvalue weighted by molar-refractivity contribution is 5.94. The third-order valence-corrected chi connectivity index (χ3v) is 6.61. The number of hydrogen-bond donors (Lipinski definition) is 2. The fraction of sp³-hybridized carbons (Fsp3) is 0.167. The molecule has 2 N–H and O–H groups in total. The molecule has 46 heavy (non-hydrogen) atoms. The molecule has 0 aromatic heterocycles. The molecule has 0 bridgehead atoms. The van der Waals surface area contributed by atoms with Crippen molar-refractivity contribution in [1.29, 1.82) is 0 Å². The Balaban J connectivity index is 1.10. The fourth-order valence-electron chi connectivity index (χ4n) is 4.21. The number of benzene rings is 4. The molecule has 0 unspecified atom stereocenters. The molecule has 10 heteroatoms. The van der Waals surface area contributed by atoms with Crippen LogP contribution in [0.2, 0.25) is 0 Å². The molecular weight excluding hydrogens is 584 g/mol. The van der Waals surface area contributed by atoms with Crippen LogP contribution in [0.25, 0.3) is 0 Å². The van der Waals surface area contributed by atoms with Crippen molar-refractivity contribution in [3.63, 3.8) is 0 Å². The van der Waals surface area contributed by atoms with Gasteiger partial charge in [0.05, 0.1) is 23.6 Å². The van der Waals surface area contributed by atoms with Gasteiger partial charge in [-0.25, -0.2) is 20.4 Å². The Hall–Kier alpha value is -5.90. The average Bonchev–Trinajstić information content (AvgIpc) is 3.08. The summed E-state index contributed by atoms with van der Waals surface area (Å²) in [6.45, 7) is 0. The Morgan fingerprint density at radius 1 is 0.500 bits per heavy atom. The first-order valence-corrected chi connectivity index (χ1v) is 14.9. The highest BCUT2D eigenvalue weighted by atomic mass is 16.5. The highest BCUT2D eigenvalue weighted by Crippen LogP contribution is 2.19. The monoisotopic (exact) mass is 618 g/mol. The van der Waals surface area contributed by atoms with Crippen molar-refractivity contribution in [2.45, 2.75) is 38.5 Å². The van der Waals surface area contributed by atoms with Gasteiger partial charge in [0, 0.05) is 24.0 Å². The molecule has 0 saturated carbocycles.